The molecule has 2 heterocycles. The van der Waals surface area contributed by atoms with Gasteiger partial charge in [0, 0.05) is 31.4 Å². The van der Waals surface area contributed by atoms with Crippen molar-refractivity contribution in [2.24, 2.45) is 0 Å². The fraction of sp³-hybridized carbons (Fsp3) is 0.429. The fourth-order valence-electron chi connectivity index (χ4n) is 3.36. The van der Waals surface area contributed by atoms with Crippen LogP contribution in [0.3, 0.4) is 0 Å². The average molecular weight is 405 g/mol. The second-order valence-electron chi connectivity index (χ2n) is 6.78. The SMILES string of the molecule is COCCOc1ccc(NC(=O)C2(c3ccc(Cl)cc3)CCOCC2)c(C)n1. The van der Waals surface area contributed by atoms with Gasteiger partial charge in [-0.15, -0.1) is 0 Å². The Morgan fingerprint density at radius 1 is 1.18 bits per heavy atom. The molecule has 2 aromatic rings. The zero-order chi connectivity index (χ0) is 20.0. The summed E-state index contributed by atoms with van der Waals surface area (Å²) in [4.78, 5) is 17.8. The van der Waals surface area contributed by atoms with Crippen molar-refractivity contribution >= 4 is 23.2 Å². The molecule has 1 saturated heterocycles. The van der Waals surface area contributed by atoms with Crippen LogP contribution in [0.4, 0.5) is 5.69 Å². The summed E-state index contributed by atoms with van der Waals surface area (Å²) in [5.41, 5.74) is 1.66. The Kier molecular flexibility index (Phi) is 6.88. The van der Waals surface area contributed by atoms with Gasteiger partial charge < -0.3 is 19.5 Å². The van der Waals surface area contributed by atoms with Crippen molar-refractivity contribution in [1.29, 1.82) is 0 Å². The van der Waals surface area contributed by atoms with Crippen molar-refractivity contribution in [3.63, 3.8) is 0 Å². The summed E-state index contributed by atoms with van der Waals surface area (Å²) < 4.78 is 16.0. The van der Waals surface area contributed by atoms with Crippen LogP contribution >= 0.6 is 11.6 Å². The summed E-state index contributed by atoms with van der Waals surface area (Å²) in [5, 5.41) is 3.71. The van der Waals surface area contributed by atoms with E-state index in [2.05, 4.69) is 10.3 Å². The van der Waals surface area contributed by atoms with E-state index >= 15 is 0 Å². The second-order valence-corrected chi connectivity index (χ2v) is 7.22. The molecule has 0 radical (unpaired) electrons. The summed E-state index contributed by atoms with van der Waals surface area (Å²) >= 11 is 6.03. The second kappa shape index (κ2) is 9.37. The van der Waals surface area contributed by atoms with Gasteiger partial charge in [0.2, 0.25) is 11.8 Å². The number of benzene rings is 1. The molecule has 6 nitrogen and oxygen atoms in total. The average Bonchev–Trinajstić information content (AvgIpc) is 2.71. The van der Waals surface area contributed by atoms with E-state index < -0.39 is 5.41 Å². The Morgan fingerprint density at radius 3 is 2.54 bits per heavy atom. The van der Waals surface area contributed by atoms with Crippen LogP contribution in [0.15, 0.2) is 36.4 Å². The number of aromatic nitrogens is 1. The largest absolute Gasteiger partial charge is 0.475 e. The van der Waals surface area contributed by atoms with Crippen LogP contribution in [-0.2, 0) is 19.7 Å². The molecule has 7 heteroatoms. The first-order valence-electron chi connectivity index (χ1n) is 9.30. The lowest BCUT2D eigenvalue weighted by Crippen LogP contribution is -2.45. The molecule has 0 bridgehead atoms. The standard InChI is InChI=1S/C21H25ClN2O4/c1-15-18(7-8-19(23-15)28-14-13-26-2)24-20(25)21(9-11-27-12-10-21)16-3-5-17(22)6-4-16/h3-8H,9-14H2,1-2H3,(H,24,25). The van der Waals surface area contributed by atoms with Crippen LogP contribution in [0, 0.1) is 6.92 Å². The summed E-state index contributed by atoms with van der Waals surface area (Å²) in [7, 11) is 1.62. The molecule has 1 amide bonds. The lowest BCUT2D eigenvalue weighted by molar-refractivity contribution is -0.125. The van der Waals surface area contributed by atoms with E-state index in [0.717, 1.165) is 5.56 Å². The number of methoxy groups -OCH3 is 1. The Bertz CT molecular complexity index is 805. The van der Waals surface area contributed by atoms with Gasteiger partial charge in [-0.2, -0.15) is 0 Å². The predicted octanol–water partition coefficient (Wildman–Crippen LogP) is 3.76. The maximum atomic E-state index is 13.3. The van der Waals surface area contributed by atoms with E-state index in [-0.39, 0.29) is 5.91 Å². The van der Waals surface area contributed by atoms with Crippen molar-refractivity contribution in [3.8, 4) is 5.88 Å². The van der Waals surface area contributed by atoms with Crippen LogP contribution in [0.25, 0.3) is 0 Å². The maximum Gasteiger partial charge on any atom is 0.235 e. The Balaban J connectivity index is 1.79. The topological polar surface area (TPSA) is 69.7 Å². The van der Waals surface area contributed by atoms with E-state index in [0.29, 0.717) is 61.6 Å². The molecule has 1 aliphatic heterocycles. The lowest BCUT2D eigenvalue weighted by Gasteiger charge is -2.36. The first-order valence-corrected chi connectivity index (χ1v) is 9.67. The van der Waals surface area contributed by atoms with Crippen molar-refractivity contribution in [2.75, 3.05) is 38.9 Å². The van der Waals surface area contributed by atoms with Crippen LogP contribution in [0.5, 0.6) is 5.88 Å². The molecule has 0 saturated carbocycles. The van der Waals surface area contributed by atoms with E-state index in [1.165, 1.54) is 0 Å². The van der Waals surface area contributed by atoms with Crippen LogP contribution in [0.1, 0.15) is 24.1 Å². The number of anilines is 1. The monoisotopic (exact) mass is 404 g/mol. The molecular weight excluding hydrogens is 380 g/mol. The Morgan fingerprint density at radius 2 is 1.89 bits per heavy atom. The molecule has 1 aromatic heterocycles. The van der Waals surface area contributed by atoms with Gasteiger partial charge in [0.1, 0.15) is 6.61 Å². The van der Waals surface area contributed by atoms with Crippen LogP contribution in [0.2, 0.25) is 5.02 Å². The Labute approximate surface area is 170 Å². The van der Waals surface area contributed by atoms with Crippen molar-refractivity contribution < 1.29 is 19.0 Å². The normalized spacial score (nSPS) is 15.8. The first kappa shape index (κ1) is 20.6. The molecule has 1 N–H and O–H groups in total. The number of carbonyl (C=O) groups is 1. The van der Waals surface area contributed by atoms with Gasteiger partial charge in [-0.05, 0) is 43.5 Å². The molecule has 0 atom stereocenters. The number of halogens is 1. The van der Waals surface area contributed by atoms with E-state index in [9.17, 15) is 4.79 Å². The number of carbonyl (C=O) groups excluding carboxylic acids is 1. The molecule has 0 unspecified atom stereocenters. The fourth-order valence-corrected chi connectivity index (χ4v) is 3.48. The maximum absolute atomic E-state index is 13.3. The van der Waals surface area contributed by atoms with Crippen molar-refractivity contribution in [3.05, 3.63) is 52.7 Å². The van der Waals surface area contributed by atoms with Crippen molar-refractivity contribution in [1.82, 2.24) is 4.98 Å². The van der Waals surface area contributed by atoms with Gasteiger partial charge in [0.05, 0.1) is 23.4 Å². The number of nitrogens with one attached hydrogen (secondary N) is 1. The smallest absolute Gasteiger partial charge is 0.235 e. The molecule has 28 heavy (non-hydrogen) atoms. The van der Waals surface area contributed by atoms with E-state index in [1.54, 1.807) is 13.2 Å². The highest BCUT2D eigenvalue weighted by Gasteiger charge is 2.41. The number of amides is 1. The first-order chi connectivity index (χ1) is 13.5. The molecule has 3 rings (SSSR count). The van der Waals surface area contributed by atoms with Gasteiger partial charge >= 0.3 is 0 Å². The zero-order valence-corrected chi connectivity index (χ0v) is 16.9. The molecule has 150 valence electrons. The number of hydrogen-bond acceptors (Lipinski definition) is 5. The van der Waals surface area contributed by atoms with Gasteiger partial charge in [0.25, 0.3) is 0 Å². The number of nitrogens with zero attached hydrogens (tertiary/aromatic N) is 1. The van der Waals surface area contributed by atoms with Crippen LogP contribution in [-0.4, -0.2) is 44.4 Å². The third kappa shape index (κ3) is 4.63. The molecule has 1 aliphatic rings. The number of ether oxygens (including phenoxy) is 3. The highest BCUT2D eigenvalue weighted by molar-refractivity contribution is 6.30. The van der Waals surface area contributed by atoms with E-state index in [4.69, 9.17) is 25.8 Å². The summed E-state index contributed by atoms with van der Waals surface area (Å²) in [5.74, 6) is 0.446. The minimum atomic E-state index is -0.650. The molecule has 0 aliphatic carbocycles. The molecular formula is C21H25ClN2O4. The number of aryl methyl sites for hydroxylation is 1. The predicted molar refractivity (Wildman–Crippen MR) is 108 cm³/mol. The number of hydrogen-bond donors (Lipinski definition) is 1. The van der Waals surface area contributed by atoms with E-state index in [1.807, 2.05) is 37.3 Å². The quantitative estimate of drug-likeness (QED) is 0.711. The highest BCUT2D eigenvalue weighted by Crippen LogP contribution is 2.37. The zero-order valence-electron chi connectivity index (χ0n) is 16.2. The minimum Gasteiger partial charge on any atom is -0.475 e. The number of rotatable bonds is 7. The third-order valence-corrected chi connectivity index (χ3v) is 5.28. The molecule has 0 spiro atoms. The van der Waals surface area contributed by atoms with Crippen LogP contribution < -0.4 is 10.1 Å². The number of pyridine rings is 1. The van der Waals surface area contributed by atoms with Gasteiger partial charge in [-0.3, -0.25) is 4.79 Å². The highest BCUT2D eigenvalue weighted by atomic mass is 35.5. The third-order valence-electron chi connectivity index (χ3n) is 5.02. The summed E-state index contributed by atoms with van der Waals surface area (Å²) in [6, 6.07) is 11.0. The summed E-state index contributed by atoms with van der Waals surface area (Å²) in [6.07, 6.45) is 1.23. The molecule has 1 aromatic carbocycles. The molecule has 1 fully saturated rings. The Hall–Kier alpha value is -2.15. The van der Waals surface area contributed by atoms with Gasteiger partial charge in [-0.1, -0.05) is 23.7 Å². The van der Waals surface area contributed by atoms with Gasteiger partial charge in [0.15, 0.2) is 0 Å². The minimum absolute atomic E-state index is 0.0592. The summed E-state index contributed by atoms with van der Waals surface area (Å²) in [6.45, 7) is 3.84. The lowest BCUT2D eigenvalue weighted by atomic mass is 9.73. The van der Waals surface area contributed by atoms with Gasteiger partial charge in [-0.25, -0.2) is 4.98 Å². The van der Waals surface area contributed by atoms with Crippen molar-refractivity contribution in [2.45, 2.75) is 25.2 Å².